The summed E-state index contributed by atoms with van der Waals surface area (Å²) in [5.41, 5.74) is 2.00. The third kappa shape index (κ3) is 2.69. The van der Waals surface area contributed by atoms with Gasteiger partial charge in [0.1, 0.15) is 5.82 Å². The molecule has 0 aliphatic carbocycles. The Morgan fingerprint density at radius 1 is 1.24 bits per heavy atom. The Hall–Kier alpha value is -1.07. The van der Waals surface area contributed by atoms with E-state index in [9.17, 15) is 0 Å². The summed E-state index contributed by atoms with van der Waals surface area (Å²) in [6.07, 6.45) is 2.32. The standard InChI is InChI=1S/C15H19ClN2O2S/c1-19-13-7-11-12(8-14(13)20-2)18(15(9-16)17-11)10-3-5-21-6-4-10/h7-8,10H,3-6,9H2,1-2H3. The van der Waals surface area contributed by atoms with E-state index in [1.165, 1.54) is 11.5 Å². The van der Waals surface area contributed by atoms with Crippen LogP contribution in [0.4, 0.5) is 0 Å². The first-order valence-corrected chi connectivity index (χ1v) is 8.74. The van der Waals surface area contributed by atoms with Crippen molar-refractivity contribution in [3.05, 3.63) is 18.0 Å². The molecule has 1 aromatic carbocycles. The Morgan fingerprint density at radius 2 is 1.90 bits per heavy atom. The quantitative estimate of drug-likeness (QED) is 0.799. The lowest BCUT2D eigenvalue weighted by Gasteiger charge is -2.25. The molecule has 0 saturated carbocycles. The number of hydrogen-bond donors (Lipinski definition) is 0. The number of rotatable bonds is 4. The van der Waals surface area contributed by atoms with Gasteiger partial charge in [-0.25, -0.2) is 4.98 Å². The SMILES string of the molecule is COc1cc2nc(CCl)n(C3CCSCC3)c2cc1OC. The van der Waals surface area contributed by atoms with Gasteiger partial charge in [0.2, 0.25) is 0 Å². The molecule has 0 atom stereocenters. The molecule has 1 saturated heterocycles. The Kier molecular flexibility index (Phi) is 4.50. The van der Waals surface area contributed by atoms with Gasteiger partial charge in [-0.05, 0) is 24.3 Å². The number of hydrogen-bond acceptors (Lipinski definition) is 4. The minimum Gasteiger partial charge on any atom is -0.493 e. The second kappa shape index (κ2) is 6.36. The molecule has 6 heteroatoms. The fraction of sp³-hybridized carbons (Fsp3) is 0.533. The van der Waals surface area contributed by atoms with E-state index in [-0.39, 0.29) is 0 Å². The maximum atomic E-state index is 6.12. The number of aromatic nitrogens is 2. The molecule has 3 rings (SSSR count). The number of halogens is 1. The van der Waals surface area contributed by atoms with Crippen molar-refractivity contribution < 1.29 is 9.47 Å². The number of ether oxygens (including phenoxy) is 2. The van der Waals surface area contributed by atoms with Gasteiger partial charge >= 0.3 is 0 Å². The van der Waals surface area contributed by atoms with E-state index < -0.39 is 0 Å². The lowest BCUT2D eigenvalue weighted by Crippen LogP contribution is -2.17. The van der Waals surface area contributed by atoms with Crippen LogP contribution in [0.3, 0.4) is 0 Å². The van der Waals surface area contributed by atoms with Crippen molar-refractivity contribution in [3.63, 3.8) is 0 Å². The molecule has 0 N–H and O–H groups in total. The molecule has 21 heavy (non-hydrogen) atoms. The Labute approximate surface area is 133 Å². The van der Waals surface area contributed by atoms with Crippen LogP contribution in [0.5, 0.6) is 11.5 Å². The van der Waals surface area contributed by atoms with Crippen LogP contribution in [0.25, 0.3) is 11.0 Å². The summed E-state index contributed by atoms with van der Waals surface area (Å²) in [5.74, 6) is 5.17. The van der Waals surface area contributed by atoms with Crippen LogP contribution in [-0.2, 0) is 5.88 Å². The molecule has 0 bridgehead atoms. The summed E-state index contributed by atoms with van der Waals surface area (Å²) < 4.78 is 13.1. The highest BCUT2D eigenvalue weighted by atomic mass is 35.5. The first-order valence-electron chi connectivity index (χ1n) is 7.05. The second-order valence-corrected chi connectivity index (χ2v) is 6.56. The summed E-state index contributed by atoms with van der Waals surface area (Å²) in [5, 5.41) is 0. The fourth-order valence-corrected chi connectivity index (χ4v) is 4.19. The molecule has 1 aromatic heterocycles. The molecule has 0 radical (unpaired) electrons. The molecule has 0 amide bonds. The molecular weight excluding hydrogens is 308 g/mol. The molecule has 2 heterocycles. The van der Waals surface area contributed by atoms with Crippen molar-refractivity contribution in [2.24, 2.45) is 0 Å². The summed E-state index contributed by atoms with van der Waals surface area (Å²) in [6.45, 7) is 0. The number of fused-ring (bicyclic) bond motifs is 1. The maximum absolute atomic E-state index is 6.12. The normalized spacial score (nSPS) is 16.3. The number of imidazole rings is 1. The first-order chi connectivity index (χ1) is 10.3. The minimum absolute atomic E-state index is 0.420. The third-order valence-corrected chi connectivity index (χ3v) is 5.23. The molecule has 1 aliphatic rings. The van der Waals surface area contributed by atoms with Crippen LogP contribution in [0.2, 0.25) is 0 Å². The predicted octanol–water partition coefficient (Wildman–Crippen LogP) is 3.86. The summed E-state index contributed by atoms with van der Waals surface area (Å²) in [7, 11) is 3.30. The van der Waals surface area contributed by atoms with Crippen molar-refractivity contribution in [2.45, 2.75) is 24.8 Å². The zero-order valence-electron chi connectivity index (χ0n) is 12.3. The van der Waals surface area contributed by atoms with Crippen LogP contribution in [0.15, 0.2) is 12.1 Å². The molecule has 2 aromatic rings. The van der Waals surface area contributed by atoms with Crippen molar-refractivity contribution in [1.82, 2.24) is 9.55 Å². The molecule has 4 nitrogen and oxygen atoms in total. The van der Waals surface area contributed by atoms with Crippen molar-refractivity contribution in [1.29, 1.82) is 0 Å². The molecular formula is C15H19ClN2O2S. The zero-order chi connectivity index (χ0) is 14.8. The van der Waals surface area contributed by atoms with Crippen molar-refractivity contribution in [2.75, 3.05) is 25.7 Å². The monoisotopic (exact) mass is 326 g/mol. The van der Waals surface area contributed by atoms with Gasteiger partial charge in [-0.2, -0.15) is 11.8 Å². The molecule has 1 aliphatic heterocycles. The van der Waals surface area contributed by atoms with Gasteiger partial charge in [0.25, 0.3) is 0 Å². The Morgan fingerprint density at radius 3 is 2.52 bits per heavy atom. The largest absolute Gasteiger partial charge is 0.493 e. The van der Waals surface area contributed by atoms with Crippen LogP contribution in [-0.4, -0.2) is 35.3 Å². The van der Waals surface area contributed by atoms with Gasteiger partial charge in [-0.3, -0.25) is 0 Å². The molecule has 0 spiro atoms. The average molecular weight is 327 g/mol. The van der Waals surface area contributed by atoms with E-state index in [0.29, 0.717) is 17.7 Å². The van der Waals surface area contributed by atoms with Gasteiger partial charge in [0, 0.05) is 18.2 Å². The third-order valence-electron chi connectivity index (χ3n) is 3.94. The van der Waals surface area contributed by atoms with E-state index in [1.54, 1.807) is 14.2 Å². The first kappa shape index (κ1) is 14.9. The zero-order valence-corrected chi connectivity index (χ0v) is 13.8. The van der Waals surface area contributed by atoms with Gasteiger partial charge in [-0.1, -0.05) is 0 Å². The maximum Gasteiger partial charge on any atom is 0.163 e. The number of nitrogens with zero attached hydrogens (tertiary/aromatic N) is 2. The summed E-state index contributed by atoms with van der Waals surface area (Å²) in [4.78, 5) is 4.68. The highest BCUT2D eigenvalue weighted by Gasteiger charge is 2.22. The number of thioether (sulfide) groups is 1. The predicted molar refractivity (Wildman–Crippen MR) is 88.0 cm³/mol. The van der Waals surface area contributed by atoms with Crippen molar-refractivity contribution >= 4 is 34.4 Å². The molecule has 0 unspecified atom stereocenters. The van der Waals surface area contributed by atoms with Crippen LogP contribution in [0, 0.1) is 0 Å². The Balaban J connectivity index is 2.16. The number of alkyl halides is 1. The van der Waals surface area contributed by atoms with Crippen molar-refractivity contribution in [3.8, 4) is 11.5 Å². The lowest BCUT2D eigenvalue weighted by molar-refractivity contribution is 0.355. The average Bonchev–Trinajstić information content (AvgIpc) is 2.91. The molecule has 114 valence electrons. The highest BCUT2D eigenvalue weighted by Crippen LogP contribution is 2.37. The summed E-state index contributed by atoms with van der Waals surface area (Å²) in [6, 6.07) is 4.42. The van der Waals surface area contributed by atoms with E-state index >= 15 is 0 Å². The molecule has 1 fully saturated rings. The van der Waals surface area contributed by atoms with Gasteiger partial charge in [0.15, 0.2) is 11.5 Å². The van der Waals surface area contributed by atoms with Crippen LogP contribution in [0.1, 0.15) is 24.7 Å². The smallest absolute Gasteiger partial charge is 0.163 e. The topological polar surface area (TPSA) is 36.3 Å². The second-order valence-electron chi connectivity index (χ2n) is 5.07. The number of benzene rings is 1. The van der Waals surface area contributed by atoms with Gasteiger partial charge in [-0.15, -0.1) is 11.6 Å². The van der Waals surface area contributed by atoms with E-state index in [1.807, 2.05) is 23.9 Å². The highest BCUT2D eigenvalue weighted by molar-refractivity contribution is 7.99. The lowest BCUT2D eigenvalue weighted by atomic mass is 10.1. The van der Waals surface area contributed by atoms with E-state index in [0.717, 1.165) is 35.4 Å². The van der Waals surface area contributed by atoms with Crippen LogP contribution < -0.4 is 9.47 Å². The van der Waals surface area contributed by atoms with E-state index in [4.69, 9.17) is 21.1 Å². The van der Waals surface area contributed by atoms with Gasteiger partial charge < -0.3 is 14.0 Å². The summed E-state index contributed by atoms with van der Waals surface area (Å²) >= 11 is 8.14. The Bertz CT molecular complexity index is 638. The number of methoxy groups -OCH3 is 2. The van der Waals surface area contributed by atoms with Gasteiger partial charge in [0.05, 0.1) is 31.1 Å². The fourth-order valence-electron chi connectivity index (χ4n) is 2.92. The minimum atomic E-state index is 0.420. The van der Waals surface area contributed by atoms with E-state index in [2.05, 4.69) is 9.55 Å². The van der Waals surface area contributed by atoms with Crippen LogP contribution >= 0.6 is 23.4 Å².